The molecule has 2 aromatic rings. The van der Waals surface area contributed by atoms with E-state index >= 15 is 0 Å². The number of ether oxygens (including phenoxy) is 1. The largest absolute Gasteiger partial charge is 0.482 e. The highest BCUT2D eigenvalue weighted by molar-refractivity contribution is 5.76. The fraction of sp³-hybridized carbons (Fsp3) is 0.263. The van der Waals surface area contributed by atoms with Crippen LogP contribution >= 0.6 is 0 Å². The molecule has 2 rings (SSSR count). The molecule has 0 bridgehead atoms. The molecule has 0 aliphatic rings. The summed E-state index contributed by atoms with van der Waals surface area (Å²) in [7, 11) is 0. The van der Waals surface area contributed by atoms with Crippen LogP contribution in [0.5, 0.6) is 5.75 Å². The highest BCUT2D eigenvalue weighted by atomic mass is 16.5. The van der Waals surface area contributed by atoms with Crippen LogP contribution in [0.2, 0.25) is 0 Å². The summed E-state index contributed by atoms with van der Waals surface area (Å²) >= 11 is 0. The van der Waals surface area contributed by atoms with E-state index in [9.17, 15) is 9.59 Å². The quantitative estimate of drug-likeness (QED) is 0.782. The van der Waals surface area contributed by atoms with Crippen molar-refractivity contribution in [1.82, 2.24) is 5.32 Å². The number of amides is 1. The van der Waals surface area contributed by atoms with Gasteiger partial charge in [0.05, 0.1) is 0 Å². The minimum atomic E-state index is -1.02. The van der Waals surface area contributed by atoms with E-state index in [-0.39, 0.29) is 12.5 Å². The molecule has 0 aliphatic heterocycles. The van der Waals surface area contributed by atoms with E-state index in [1.165, 1.54) is 5.56 Å². The molecule has 0 saturated carbocycles. The van der Waals surface area contributed by atoms with E-state index < -0.39 is 5.97 Å². The van der Waals surface area contributed by atoms with Crippen LogP contribution in [0.4, 0.5) is 0 Å². The second kappa shape index (κ2) is 8.72. The van der Waals surface area contributed by atoms with Gasteiger partial charge in [-0.1, -0.05) is 42.0 Å². The zero-order valence-corrected chi connectivity index (χ0v) is 13.6. The van der Waals surface area contributed by atoms with Crippen LogP contribution in [0, 0.1) is 6.92 Å². The molecule has 1 amide bonds. The van der Waals surface area contributed by atoms with Crippen molar-refractivity contribution >= 4 is 11.9 Å². The lowest BCUT2D eigenvalue weighted by Crippen LogP contribution is -2.23. The molecule has 0 aromatic heterocycles. The number of aryl methyl sites for hydroxylation is 2. The molecule has 0 unspecified atom stereocenters. The minimum Gasteiger partial charge on any atom is -0.482 e. The van der Waals surface area contributed by atoms with E-state index in [4.69, 9.17) is 9.84 Å². The third-order valence-corrected chi connectivity index (χ3v) is 3.51. The molecule has 5 heteroatoms. The van der Waals surface area contributed by atoms with Gasteiger partial charge in [0, 0.05) is 13.0 Å². The lowest BCUT2D eigenvalue weighted by Gasteiger charge is -2.08. The van der Waals surface area contributed by atoms with E-state index in [1.54, 1.807) is 18.2 Å². The smallest absolute Gasteiger partial charge is 0.341 e. The van der Waals surface area contributed by atoms with Gasteiger partial charge in [0.1, 0.15) is 5.75 Å². The Labute approximate surface area is 141 Å². The molecule has 24 heavy (non-hydrogen) atoms. The second-order valence-corrected chi connectivity index (χ2v) is 5.59. The van der Waals surface area contributed by atoms with Crippen molar-refractivity contribution in [2.75, 3.05) is 6.61 Å². The maximum Gasteiger partial charge on any atom is 0.341 e. The number of carbonyl (C=O) groups is 2. The number of rotatable bonds is 8. The van der Waals surface area contributed by atoms with Gasteiger partial charge in [0.15, 0.2) is 6.61 Å². The average Bonchev–Trinajstić information content (AvgIpc) is 2.58. The number of aliphatic carboxylic acids is 1. The molecule has 126 valence electrons. The van der Waals surface area contributed by atoms with Gasteiger partial charge in [0.25, 0.3) is 0 Å². The SMILES string of the molecule is Cc1ccc(CCC(=O)NCc2cccc(OCC(=O)O)c2)cc1. The molecule has 0 fully saturated rings. The van der Waals surface area contributed by atoms with Crippen LogP contribution in [0.1, 0.15) is 23.1 Å². The van der Waals surface area contributed by atoms with Crippen LogP contribution < -0.4 is 10.1 Å². The summed E-state index contributed by atoms with van der Waals surface area (Å²) in [6.07, 6.45) is 1.13. The Hall–Kier alpha value is -2.82. The predicted octanol–water partition coefficient (Wildman–Crippen LogP) is 2.71. The molecule has 0 radical (unpaired) electrons. The molecule has 2 aromatic carbocycles. The van der Waals surface area contributed by atoms with E-state index in [1.807, 2.05) is 37.3 Å². The fourth-order valence-electron chi connectivity index (χ4n) is 2.19. The Morgan fingerprint density at radius 3 is 2.54 bits per heavy atom. The van der Waals surface area contributed by atoms with Crippen LogP contribution in [0.15, 0.2) is 48.5 Å². The van der Waals surface area contributed by atoms with Crippen LogP contribution in [0.25, 0.3) is 0 Å². The van der Waals surface area contributed by atoms with Crippen molar-refractivity contribution in [2.24, 2.45) is 0 Å². The molecule has 0 spiro atoms. The zero-order valence-electron chi connectivity index (χ0n) is 13.6. The summed E-state index contributed by atoms with van der Waals surface area (Å²) in [5, 5.41) is 11.5. The van der Waals surface area contributed by atoms with Gasteiger partial charge in [-0.3, -0.25) is 4.79 Å². The van der Waals surface area contributed by atoms with Gasteiger partial charge in [-0.2, -0.15) is 0 Å². The first-order valence-corrected chi connectivity index (χ1v) is 7.79. The predicted molar refractivity (Wildman–Crippen MR) is 90.9 cm³/mol. The van der Waals surface area contributed by atoms with Gasteiger partial charge in [-0.15, -0.1) is 0 Å². The van der Waals surface area contributed by atoms with Crippen LogP contribution in [-0.2, 0) is 22.6 Å². The Morgan fingerprint density at radius 1 is 1.08 bits per heavy atom. The lowest BCUT2D eigenvalue weighted by molar-refractivity contribution is -0.139. The highest BCUT2D eigenvalue weighted by Crippen LogP contribution is 2.13. The highest BCUT2D eigenvalue weighted by Gasteiger charge is 2.04. The van der Waals surface area contributed by atoms with E-state index in [2.05, 4.69) is 5.32 Å². The molecule has 0 atom stereocenters. The van der Waals surface area contributed by atoms with Crippen molar-refractivity contribution in [3.8, 4) is 5.75 Å². The number of carboxylic acids is 1. The van der Waals surface area contributed by atoms with Crippen LogP contribution in [0.3, 0.4) is 0 Å². The maximum atomic E-state index is 11.9. The van der Waals surface area contributed by atoms with Crippen LogP contribution in [-0.4, -0.2) is 23.6 Å². The first kappa shape index (κ1) is 17.5. The molecule has 5 nitrogen and oxygen atoms in total. The second-order valence-electron chi connectivity index (χ2n) is 5.59. The van der Waals surface area contributed by atoms with Crippen molar-refractivity contribution in [2.45, 2.75) is 26.3 Å². The summed E-state index contributed by atoms with van der Waals surface area (Å²) in [6.45, 7) is 2.04. The minimum absolute atomic E-state index is 0.0209. The molecule has 0 aliphatic carbocycles. The summed E-state index contributed by atoms with van der Waals surface area (Å²) in [5.41, 5.74) is 3.20. The maximum absolute atomic E-state index is 11.9. The first-order valence-electron chi connectivity index (χ1n) is 7.79. The number of carboxylic acid groups (broad SMARTS) is 1. The lowest BCUT2D eigenvalue weighted by atomic mass is 10.1. The third kappa shape index (κ3) is 6.12. The van der Waals surface area contributed by atoms with Gasteiger partial charge in [0.2, 0.25) is 5.91 Å². The van der Waals surface area contributed by atoms with Crippen molar-refractivity contribution in [1.29, 1.82) is 0 Å². The summed E-state index contributed by atoms with van der Waals surface area (Å²) in [5.74, 6) is -0.568. The number of nitrogens with one attached hydrogen (secondary N) is 1. The first-order chi connectivity index (χ1) is 11.5. The van der Waals surface area contributed by atoms with Crippen molar-refractivity contribution in [3.63, 3.8) is 0 Å². The van der Waals surface area contributed by atoms with Gasteiger partial charge < -0.3 is 15.2 Å². The number of benzene rings is 2. The topological polar surface area (TPSA) is 75.6 Å². The Kier molecular flexibility index (Phi) is 6.37. The number of hydrogen-bond donors (Lipinski definition) is 2. The Balaban J connectivity index is 1.77. The molecule has 2 N–H and O–H groups in total. The molecule has 0 heterocycles. The zero-order chi connectivity index (χ0) is 17.4. The fourth-order valence-corrected chi connectivity index (χ4v) is 2.19. The van der Waals surface area contributed by atoms with Crippen molar-refractivity contribution < 1.29 is 19.4 Å². The normalized spacial score (nSPS) is 10.2. The Bertz CT molecular complexity index is 695. The number of carbonyl (C=O) groups excluding carboxylic acids is 1. The van der Waals surface area contributed by atoms with Crippen molar-refractivity contribution in [3.05, 3.63) is 65.2 Å². The monoisotopic (exact) mass is 327 g/mol. The summed E-state index contributed by atoms with van der Waals surface area (Å²) < 4.78 is 5.12. The Morgan fingerprint density at radius 2 is 1.83 bits per heavy atom. The molecular formula is C19H21NO4. The van der Waals surface area contributed by atoms with Gasteiger partial charge >= 0.3 is 5.97 Å². The molecular weight excluding hydrogens is 306 g/mol. The summed E-state index contributed by atoms with van der Waals surface area (Å²) in [6, 6.07) is 15.2. The van der Waals surface area contributed by atoms with Gasteiger partial charge in [-0.05, 0) is 36.6 Å². The van der Waals surface area contributed by atoms with Gasteiger partial charge in [-0.25, -0.2) is 4.79 Å². The number of hydrogen-bond acceptors (Lipinski definition) is 3. The molecule has 0 saturated heterocycles. The third-order valence-electron chi connectivity index (χ3n) is 3.51. The summed E-state index contributed by atoms with van der Waals surface area (Å²) in [4.78, 5) is 22.4. The average molecular weight is 327 g/mol. The van der Waals surface area contributed by atoms with E-state index in [0.717, 1.165) is 11.1 Å². The standard InChI is InChI=1S/C19H21NO4/c1-14-5-7-15(8-6-14)9-10-18(21)20-12-16-3-2-4-17(11-16)24-13-19(22)23/h2-8,11H,9-10,12-13H2,1H3,(H,20,21)(H,22,23). The van der Waals surface area contributed by atoms with E-state index in [0.29, 0.717) is 25.1 Å².